The van der Waals surface area contributed by atoms with E-state index in [9.17, 15) is 4.79 Å². The van der Waals surface area contributed by atoms with Crippen LogP contribution in [0.25, 0.3) is 0 Å². The fourth-order valence-corrected chi connectivity index (χ4v) is 3.87. The molecule has 0 spiro atoms. The molecule has 1 heterocycles. The maximum atomic E-state index is 12.5. The van der Waals surface area contributed by atoms with Crippen molar-refractivity contribution >= 4 is 39.3 Å². The Balaban J connectivity index is 1.49. The van der Waals surface area contributed by atoms with Gasteiger partial charge in [-0.3, -0.25) is 9.69 Å². The molecule has 0 aliphatic carbocycles. The van der Waals surface area contributed by atoms with E-state index in [0.29, 0.717) is 0 Å². The van der Waals surface area contributed by atoms with Crippen LogP contribution in [0.3, 0.4) is 0 Å². The van der Waals surface area contributed by atoms with Crippen LogP contribution in [0.15, 0.2) is 57.9 Å². The third-order valence-corrected chi connectivity index (χ3v) is 5.87. The number of piperidine rings is 1. The van der Waals surface area contributed by atoms with Crippen molar-refractivity contribution in [1.82, 2.24) is 4.90 Å². The molecule has 0 radical (unpaired) electrons. The van der Waals surface area contributed by atoms with Gasteiger partial charge in [-0.15, -0.1) is 11.8 Å². The summed E-state index contributed by atoms with van der Waals surface area (Å²) in [5.41, 5.74) is 2.22. The molecule has 3 rings (SSSR count). The molecule has 2 aromatic rings. The van der Waals surface area contributed by atoms with E-state index in [1.807, 2.05) is 24.5 Å². The van der Waals surface area contributed by atoms with Crippen molar-refractivity contribution in [3.63, 3.8) is 0 Å². The molecule has 1 saturated heterocycles. The van der Waals surface area contributed by atoms with Gasteiger partial charge in [0.2, 0.25) is 5.91 Å². The van der Waals surface area contributed by atoms with Gasteiger partial charge in [0.1, 0.15) is 0 Å². The van der Waals surface area contributed by atoms with Gasteiger partial charge in [-0.05, 0) is 68.1 Å². The number of anilines is 1. The molecule has 25 heavy (non-hydrogen) atoms. The molecule has 3 nitrogen and oxygen atoms in total. The number of likely N-dealkylation sites (tertiary alicyclic amines) is 1. The van der Waals surface area contributed by atoms with Gasteiger partial charge in [-0.1, -0.05) is 34.1 Å². The Morgan fingerprint density at radius 1 is 1.20 bits per heavy atom. The van der Waals surface area contributed by atoms with Crippen LogP contribution in [-0.4, -0.2) is 30.2 Å². The monoisotopic (exact) mass is 418 g/mol. The summed E-state index contributed by atoms with van der Waals surface area (Å²) < 4.78 is 1.11. The minimum atomic E-state index is 0.110. The van der Waals surface area contributed by atoms with Gasteiger partial charge >= 0.3 is 0 Å². The van der Waals surface area contributed by atoms with Crippen LogP contribution in [0.4, 0.5) is 5.69 Å². The lowest BCUT2D eigenvalue weighted by Gasteiger charge is -2.31. The number of nitrogens with one attached hydrogen (secondary N) is 1. The largest absolute Gasteiger partial charge is 0.326 e. The normalized spacial score (nSPS) is 15.9. The van der Waals surface area contributed by atoms with E-state index in [0.717, 1.165) is 42.6 Å². The first-order valence-electron chi connectivity index (χ1n) is 8.56. The fourth-order valence-electron chi connectivity index (χ4n) is 3.15. The van der Waals surface area contributed by atoms with E-state index in [1.54, 1.807) is 11.8 Å². The van der Waals surface area contributed by atoms with Crippen LogP contribution < -0.4 is 5.32 Å². The first kappa shape index (κ1) is 18.5. The molecule has 1 aliphatic rings. The molecule has 1 N–H and O–H groups in total. The Kier molecular flexibility index (Phi) is 6.57. The van der Waals surface area contributed by atoms with Gasteiger partial charge in [0.05, 0.1) is 0 Å². The quantitative estimate of drug-likeness (QED) is 0.691. The smallest absolute Gasteiger partial charge is 0.227 e. The molecule has 2 aromatic carbocycles. The zero-order valence-corrected chi connectivity index (χ0v) is 16.8. The highest BCUT2D eigenvalue weighted by atomic mass is 79.9. The van der Waals surface area contributed by atoms with Crippen LogP contribution in [0.1, 0.15) is 18.4 Å². The summed E-state index contributed by atoms with van der Waals surface area (Å²) in [7, 11) is 0. The molecule has 1 aliphatic heterocycles. The third kappa shape index (κ3) is 5.33. The average Bonchev–Trinajstić information content (AvgIpc) is 2.64. The van der Waals surface area contributed by atoms with Crippen LogP contribution in [0, 0.1) is 5.92 Å². The van der Waals surface area contributed by atoms with E-state index < -0.39 is 0 Å². The summed E-state index contributed by atoms with van der Waals surface area (Å²) in [6.07, 6.45) is 3.89. The lowest BCUT2D eigenvalue weighted by Crippen LogP contribution is -2.37. The molecule has 5 heteroatoms. The van der Waals surface area contributed by atoms with Gasteiger partial charge in [-0.2, -0.15) is 0 Å². The zero-order chi connectivity index (χ0) is 17.6. The van der Waals surface area contributed by atoms with Crippen molar-refractivity contribution in [2.75, 3.05) is 24.7 Å². The molecular formula is C20H23BrN2OS. The maximum absolute atomic E-state index is 12.5. The number of benzene rings is 2. The van der Waals surface area contributed by atoms with E-state index in [4.69, 9.17) is 0 Å². The predicted octanol–water partition coefficient (Wildman–Crippen LogP) is 5.02. The Bertz CT molecular complexity index is 712. The lowest BCUT2D eigenvalue weighted by molar-refractivity contribution is -0.121. The van der Waals surface area contributed by atoms with E-state index in [-0.39, 0.29) is 11.8 Å². The number of hydrogen-bond acceptors (Lipinski definition) is 3. The minimum absolute atomic E-state index is 0.110. The number of carbonyl (C=O) groups excluding carboxylic acids is 1. The highest BCUT2D eigenvalue weighted by Gasteiger charge is 2.25. The summed E-state index contributed by atoms with van der Waals surface area (Å²) in [5.74, 6) is 0.264. The molecule has 0 saturated carbocycles. The van der Waals surface area contributed by atoms with Crippen molar-refractivity contribution in [1.29, 1.82) is 0 Å². The molecule has 0 atom stereocenters. The topological polar surface area (TPSA) is 32.3 Å². The highest BCUT2D eigenvalue weighted by Crippen LogP contribution is 2.23. The van der Waals surface area contributed by atoms with Gasteiger partial charge < -0.3 is 5.32 Å². The first-order valence-corrected chi connectivity index (χ1v) is 10.6. The number of thioether (sulfide) groups is 1. The summed E-state index contributed by atoms with van der Waals surface area (Å²) in [6.45, 7) is 2.90. The van der Waals surface area contributed by atoms with Gasteiger partial charge in [0.15, 0.2) is 0 Å². The molecule has 0 unspecified atom stereocenters. The molecule has 132 valence electrons. The first-order chi connectivity index (χ1) is 12.1. The lowest BCUT2D eigenvalue weighted by atomic mass is 9.95. The Labute approximate surface area is 162 Å². The number of halogens is 1. The Morgan fingerprint density at radius 3 is 2.60 bits per heavy atom. The molecule has 1 fully saturated rings. The van der Waals surface area contributed by atoms with Crippen molar-refractivity contribution in [2.45, 2.75) is 24.3 Å². The molecular weight excluding hydrogens is 396 g/mol. The van der Waals surface area contributed by atoms with Crippen LogP contribution in [-0.2, 0) is 11.3 Å². The van der Waals surface area contributed by atoms with Crippen molar-refractivity contribution < 1.29 is 4.79 Å². The van der Waals surface area contributed by atoms with Crippen LogP contribution >= 0.6 is 27.7 Å². The van der Waals surface area contributed by atoms with E-state index in [1.165, 1.54) is 10.5 Å². The summed E-state index contributed by atoms with van der Waals surface area (Å²) >= 11 is 5.16. The Morgan fingerprint density at radius 2 is 1.92 bits per heavy atom. The second-order valence-electron chi connectivity index (χ2n) is 6.40. The molecule has 1 amide bonds. The Hall–Kier alpha value is -1.30. The van der Waals surface area contributed by atoms with Crippen molar-refractivity contribution in [2.24, 2.45) is 5.92 Å². The summed E-state index contributed by atoms with van der Waals surface area (Å²) in [6, 6.07) is 16.5. The fraction of sp³-hybridized carbons (Fsp3) is 0.350. The summed E-state index contributed by atoms with van der Waals surface area (Å²) in [5, 5.41) is 3.08. The van der Waals surface area contributed by atoms with Crippen molar-refractivity contribution in [3.8, 4) is 0 Å². The maximum Gasteiger partial charge on any atom is 0.227 e. The summed E-state index contributed by atoms with van der Waals surface area (Å²) in [4.78, 5) is 16.1. The number of amides is 1. The SMILES string of the molecule is CSc1cccc(NC(=O)C2CCN(Cc3ccc(Br)cc3)CC2)c1. The minimum Gasteiger partial charge on any atom is -0.326 e. The van der Waals surface area contributed by atoms with Gasteiger partial charge in [0, 0.05) is 27.5 Å². The van der Waals surface area contributed by atoms with E-state index >= 15 is 0 Å². The molecule has 0 aromatic heterocycles. The second kappa shape index (κ2) is 8.88. The number of hydrogen-bond donors (Lipinski definition) is 1. The third-order valence-electron chi connectivity index (χ3n) is 4.62. The van der Waals surface area contributed by atoms with Crippen molar-refractivity contribution in [3.05, 3.63) is 58.6 Å². The van der Waals surface area contributed by atoms with Crippen LogP contribution in [0.5, 0.6) is 0 Å². The standard InChI is InChI=1S/C20H23BrN2OS/c1-25-19-4-2-3-18(13-19)22-20(24)16-9-11-23(12-10-16)14-15-5-7-17(21)8-6-15/h2-8,13,16H,9-12,14H2,1H3,(H,22,24). The van der Waals surface area contributed by atoms with E-state index in [2.05, 4.69) is 56.5 Å². The van der Waals surface area contributed by atoms with Gasteiger partial charge in [0.25, 0.3) is 0 Å². The predicted molar refractivity (Wildman–Crippen MR) is 109 cm³/mol. The number of nitrogens with zero attached hydrogens (tertiary/aromatic N) is 1. The average molecular weight is 419 g/mol. The highest BCUT2D eigenvalue weighted by molar-refractivity contribution is 9.10. The van der Waals surface area contributed by atoms with Crippen LogP contribution in [0.2, 0.25) is 0 Å². The number of rotatable bonds is 5. The zero-order valence-electron chi connectivity index (χ0n) is 14.4. The molecule has 0 bridgehead atoms. The second-order valence-corrected chi connectivity index (χ2v) is 8.19. The van der Waals surface area contributed by atoms with Gasteiger partial charge in [-0.25, -0.2) is 0 Å². The number of carbonyl (C=O) groups is 1.